The summed E-state index contributed by atoms with van der Waals surface area (Å²) in [6.07, 6.45) is 8.94. The molecular weight excluding hydrogens is 672 g/mol. The summed E-state index contributed by atoms with van der Waals surface area (Å²) < 4.78 is 2.04. The molecule has 10 heteroatoms. The van der Waals surface area contributed by atoms with Gasteiger partial charge in [-0.3, -0.25) is 19.4 Å². The fourth-order valence-corrected chi connectivity index (χ4v) is 8.35. The second kappa shape index (κ2) is 13.6. The number of aromatic nitrogens is 1. The number of halogens is 3. The summed E-state index contributed by atoms with van der Waals surface area (Å²) in [6, 6.07) is 6.30. The molecule has 0 radical (unpaired) electrons. The molecule has 1 aliphatic carbocycles. The predicted octanol–water partition coefficient (Wildman–Crippen LogP) is 6.01. The van der Waals surface area contributed by atoms with Crippen molar-refractivity contribution in [1.29, 1.82) is 0 Å². The number of pyridine rings is 1. The molecule has 0 spiro atoms. The molecule has 2 aromatic rings. The maximum atomic E-state index is 13.3. The molecule has 1 atom stereocenters. The Hall–Kier alpha value is -1.97. The molecular formula is C31H37Br2ClN4O3. The van der Waals surface area contributed by atoms with Gasteiger partial charge in [0.25, 0.3) is 0 Å². The number of hydrogen-bond donors (Lipinski definition) is 1. The van der Waals surface area contributed by atoms with Crippen LogP contribution < -0.4 is 5.73 Å². The number of carbonyl (C=O) groups excluding carboxylic acids is 3. The number of likely N-dealkylation sites (tertiary alicyclic amines) is 2. The summed E-state index contributed by atoms with van der Waals surface area (Å²) in [7, 11) is 0. The fraction of sp³-hybridized carbons (Fsp3) is 0.548. The third kappa shape index (κ3) is 7.34. The van der Waals surface area contributed by atoms with Crippen molar-refractivity contribution >= 4 is 61.2 Å². The lowest BCUT2D eigenvalue weighted by molar-refractivity contribution is -0.135. The van der Waals surface area contributed by atoms with Gasteiger partial charge in [-0.15, -0.1) is 0 Å². The number of primary amides is 1. The van der Waals surface area contributed by atoms with Crippen LogP contribution in [0.25, 0.3) is 0 Å². The molecule has 0 unspecified atom stereocenters. The number of nitrogens with two attached hydrogens (primary N) is 1. The highest BCUT2D eigenvalue weighted by Gasteiger charge is 2.37. The van der Waals surface area contributed by atoms with Gasteiger partial charge >= 0.3 is 0 Å². The largest absolute Gasteiger partial charge is 0.370 e. The highest BCUT2D eigenvalue weighted by Crippen LogP contribution is 2.46. The molecule has 1 aromatic carbocycles. The minimum absolute atomic E-state index is 0.0792. The number of piperidine rings is 2. The minimum Gasteiger partial charge on any atom is -0.370 e. The number of amides is 3. The van der Waals surface area contributed by atoms with Gasteiger partial charge in [0, 0.05) is 71.5 Å². The molecule has 0 bridgehead atoms. The zero-order chi connectivity index (χ0) is 29.1. The van der Waals surface area contributed by atoms with Crippen LogP contribution in [0.4, 0.5) is 0 Å². The Bertz CT molecular complexity index is 1310. The van der Waals surface area contributed by atoms with E-state index in [0.29, 0.717) is 44.2 Å². The number of nitrogens with zero attached hydrogens (tertiary/aromatic N) is 3. The van der Waals surface area contributed by atoms with Crippen LogP contribution in [0.1, 0.15) is 79.7 Å². The predicted molar refractivity (Wildman–Crippen MR) is 167 cm³/mol. The second-order valence-corrected chi connectivity index (χ2v) is 13.9. The van der Waals surface area contributed by atoms with E-state index in [4.69, 9.17) is 22.3 Å². The number of rotatable bonds is 7. The summed E-state index contributed by atoms with van der Waals surface area (Å²) >= 11 is 13.9. The van der Waals surface area contributed by atoms with E-state index in [1.807, 2.05) is 22.1 Å². The van der Waals surface area contributed by atoms with Gasteiger partial charge in [0.2, 0.25) is 17.7 Å². The topological polar surface area (TPSA) is 96.6 Å². The van der Waals surface area contributed by atoms with Crippen molar-refractivity contribution in [3.8, 4) is 0 Å². The van der Waals surface area contributed by atoms with E-state index in [1.54, 1.807) is 0 Å². The van der Waals surface area contributed by atoms with Gasteiger partial charge in [-0.2, -0.15) is 0 Å². The molecule has 41 heavy (non-hydrogen) atoms. The van der Waals surface area contributed by atoms with Crippen molar-refractivity contribution in [2.24, 2.45) is 17.6 Å². The zero-order valence-corrected chi connectivity index (χ0v) is 27.1. The Morgan fingerprint density at radius 3 is 2.27 bits per heavy atom. The van der Waals surface area contributed by atoms with E-state index in [0.717, 1.165) is 71.3 Å². The quantitative estimate of drug-likeness (QED) is 0.381. The van der Waals surface area contributed by atoms with Crippen molar-refractivity contribution in [2.45, 2.75) is 70.1 Å². The Morgan fingerprint density at radius 1 is 0.902 bits per heavy atom. The van der Waals surface area contributed by atoms with E-state index in [-0.39, 0.29) is 30.1 Å². The van der Waals surface area contributed by atoms with Crippen molar-refractivity contribution in [3.63, 3.8) is 0 Å². The van der Waals surface area contributed by atoms with E-state index in [2.05, 4.69) is 44.0 Å². The summed E-state index contributed by atoms with van der Waals surface area (Å²) in [5.41, 5.74) is 10.2. The summed E-state index contributed by atoms with van der Waals surface area (Å²) in [4.78, 5) is 45.5. The van der Waals surface area contributed by atoms with Gasteiger partial charge in [0.1, 0.15) is 0 Å². The number of carbonyl (C=O) groups is 3. The number of fused-ring (bicyclic) bond motifs is 2. The third-order valence-electron chi connectivity index (χ3n) is 9.03. The van der Waals surface area contributed by atoms with Crippen LogP contribution >= 0.6 is 43.5 Å². The Labute approximate surface area is 263 Å². The molecule has 1 aromatic heterocycles. The van der Waals surface area contributed by atoms with Gasteiger partial charge in [-0.25, -0.2) is 0 Å². The SMILES string of the molecule is NC(=O)CCCC(=O)N1CCC(CC(=O)N2CCC([C@H]3c4ncc(Br)cc4CCc4cc(Cl)cc(Br)c43)CC2)CC1. The first-order valence-electron chi connectivity index (χ1n) is 14.7. The van der Waals surface area contributed by atoms with Crippen molar-refractivity contribution in [3.05, 3.63) is 60.7 Å². The average molecular weight is 709 g/mol. The molecule has 2 saturated heterocycles. The van der Waals surface area contributed by atoms with Gasteiger partial charge < -0.3 is 15.5 Å². The molecule has 7 nitrogen and oxygen atoms in total. The second-order valence-electron chi connectivity index (χ2n) is 11.7. The van der Waals surface area contributed by atoms with Crippen LogP contribution in [-0.4, -0.2) is 58.7 Å². The van der Waals surface area contributed by atoms with Crippen LogP contribution in [0.2, 0.25) is 5.02 Å². The van der Waals surface area contributed by atoms with E-state index in [1.165, 1.54) is 16.7 Å². The molecule has 0 saturated carbocycles. The molecule has 3 heterocycles. The van der Waals surface area contributed by atoms with Crippen LogP contribution in [0.3, 0.4) is 0 Å². The van der Waals surface area contributed by atoms with Crippen molar-refractivity contribution < 1.29 is 14.4 Å². The molecule has 3 amide bonds. The summed E-state index contributed by atoms with van der Waals surface area (Å²) in [5, 5.41) is 0.744. The normalized spacial score (nSPS) is 19.8. The van der Waals surface area contributed by atoms with Crippen LogP contribution in [-0.2, 0) is 27.2 Å². The monoisotopic (exact) mass is 706 g/mol. The zero-order valence-electron chi connectivity index (χ0n) is 23.2. The first kappa shape index (κ1) is 30.5. The highest BCUT2D eigenvalue weighted by molar-refractivity contribution is 9.10. The van der Waals surface area contributed by atoms with Crippen LogP contribution in [0, 0.1) is 11.8 Å². The fourth-order valence-electron chi connectivity index (χ4n) is 6.85. The Morgan fingerprint density at radius 2 is 1.56 bits per heavy atom. The Balaban J connectivity index is 1.19. The Kier molecular flexibility index (Phi) is 10.1. The van der Waals surface area contributed by atoms with Gasteiger partial charge in [-0.05, 0) is 108 Å². The first-order chi connectivity index (χ1) is 19.7. The maximum absolute atomic E-state index is 13.3. The number of benzene rings is 1. The maximum Gasteiger partial charge on any atom is 0.222 e. The molecule has 2 N–H and O–H groups in total. The summed E-state index contributed by atoms with van der Waals surface area (Å²) in [5.74, 6) is 0.778. The molecule has 220 valence electrons. The first-order valence-corrected chi connectivity index (χ1v) is 16.6. The number of hydrogen-bond acceptors (Lipinski definition) is 4. The molecule has 2 fully saturated rings. The highest BCUT2D eigenvalue weighted by atomic mass is 79.9. The van der Waals surface area contributed by atoms with Crippen molar-refractivity contribution in [2.75, 3.05) is 26.2 Å². The smallest absolute Gasteiger partial charge is 0.222 e. The molecule has 2 aliphatic heterocycles. The standard InChI is InChI=1S/C31H37Br2ClN4O3/c32-23-15-22-5-4-21-16-24(34)17-25(33)29(21)30(31(22)36-18-23)20-8-12-38(13-9-20)28(41)14-19-6-10-37(11-7-19)27(40)3-1-2-26(35)39/h15-20,30H,1-14H2,(H2,35,39)/t30-/m1/s1. The van der Waals surface area contributed by atoms with Crippen LogP contribution in [0.5, 0.6) is 0 Å². The lowest BCUT2D eigenvalue weighted by Gasteiger charge is -2.38. The van der Waals surface area contributed by atoms with Gasteiger partial charge in [-0.1, -0.05) is 27.5 Å². The van der Waals surface area contributed by atoms with Crippen molar-refractivity contribution in [1.82, 2.24) is 14.8 Å². The molecule has 5 rings (SSSR count). The molecule has 3 aliphatic rings. The lowest BCUT2D eigenvalue weighted by atomic mass is 9.76. The lowest BCUT2D eigenvalue weighted by Crippen LogP contribution is -2.43. The third-order valence-corrected chi connectivity index (χ3v) is 10.3. The van der Waals surface area contributed by atoms with E-state index >= 15 is 0 Å². The van der Waals surface area contributed by atoms with Gasteiger partial charge in [0.05, 0.1) is 5.69 Å². The van der Waals surface area contributed by atoms with E-state index in [9.17, 15) is 14.4 Å². The van der Waals surface area contributed by atoms with Crippen LogP contribution in [0.15, 0.2) is 33.3 Å². The van der Waals surface area contributed by atoms with Gasteiger partial charge in [0.15, 0.2) is 0 Å². The minimum atomic E-state index is -0.370. The van der Waals surface area contributed by atoms with E-state index < -0.39 is 0 Å². The average Bonchev–Trinajstić information content (AvgIpc) is 3.10. The number of aryl methyl sites for hydroxylation is 2. The summed E-state index contributed by atoms with van der Waals surface area (Å²) in [6.45, 7) is 2.86.